The fraction of sp³-hybridized carbons (Fsp3) is 0.952. The normalized spacial score (nSPS) is 56.3. The van der Waals surface area contributed by atoms with Crippen molar-refractivity contribution in [1.29, 1.82) is 0 Å². The zero-order valence-corrected chi connectivity index (χ0v) is 16.6. The van der Waals surface area contributed by atoms with E-state index in [1.165, 1.54) is 6.42 Å². The van der Waals surface area contributed by atoms with Gasteiger partial charge in [-0.2, -0.15) is 0 Å². The first-order valence-electron chi connectivity index (χ1n) is 10.6. The van der Waals surface area contributed by atoms with Crippen LogP contribution in [0, 0.1) is 23.7 Å². The van der Waals surface area contributed by atoms with Crippen molar-refractivity contribution < 1.29 is 19.0 Å². The molecule has 26 heavy (non-hydrogen) atoms. The molecule has 0 amide bonds. The summed E-state index contributed by atoms with van der Waals surface area (Å²) in [6.45, 7) is 11.4. The van der Waals surface area contributed by atoms with Gasteiger partial charge in [0.15, 0.2) is 0 Å². The molecular weight excluding hydrogens is 330 g/mol. The Balaban J connectivity index is 1.42. The third-order valence-electron chi connectivity index (χ3n) is 8.04. The van der Waals surface area contributed by atoms with Crippen LogP contribution >= 0.6 is 0 Å². The van der Waals surface area contributed by atoms with Crippen molar-refractivity contribution >= 4 is 5.97 Å². The van der Waals surface area contributed by atoms with E-state index in [9.17, 15) is 4.79 Å². The minimum Gasteiger partial charge on any atom is -0.455 e. The first kappa shape index (κ1) is 17.4. The van der Waals surface area contributed by atoms with Gasteiger partial charge in [0.2, 0.25) is 0 Å². The number of hydrogen-bond donors (Lipinski definition) is 0. The molecule has 0 N–H and O–H groups in total. The number of morpholine rings is 1. The van der Waals surface area contributed by atoms with Crippen molar-refractivity contribution in [3.05, 3.63) is 0 Å². The summed E-state index contributed by atoms with van der Waals surface area (Å²) >= 11 is 0. The van der Waals surface area contributed by atoms with Crippen LogP contribution in [-0.2, 0) is 19.0 Å². The van der Waals surface area contributed by atoms with Crippen molar-refractivity contribution in [2.75, 3.05) is 19.6 Å². The quantitative estimate of drug-likeness (QED) is 0.558. The van der Waals surface area contributed by atoms with Crippen LogP contribution in [0.3, 0.4) is 0 Å². The fourth-order valence-corrected chi connectivity index (χ4v) is 6.97. The van der Waals surface area contributed by atoms with Crippen LogP contribution in [0.15, 0.2) is 0 Å². The zero-order valence-electron chi connectivity index (χ0n) is 16.6. The highest BCUT2D eigenvalue weighted by atomic mass is 16.7. The molecule has 0 aromatic rings. The number of fused-ring (bicyclic) bond motifs is 1. The molecule has 5 rings (SSSR count). The molecule has 9 atom stereocenters. The summed E-state index contributed by atoms with van der Waals surface area (Å²) in [6.07, 6.45) is 5.14. The Kier molecular flexibility index (Phi) is 3.81. The number of esters is 1. The molecule has 5 fully saturated rings. The molecule has 146 valence electrons. The molecule has 0 aromatic heterocycles. The Morgan fingerprint density at radius 3 is 2.54 bits per heavy atom. The molecule has 0 radical (unpaired) electrons. The summed E-state index contributed by atoms with van der Waals surface area (Å²) in [6, 6.07) is 0. The van der Waals surface area contributed by atoms with Gasteiger partial charge in [-0.25, -0.2) is 0 Å². The van der Waals surface area contributed by atoms with Crippen LogP contribution in [0.5, 0.6) is 0 Å². The van der Waals surface area contributed by atoms with Gasteiger partial charge < -0.3 is 14.2 Å². The molecule has 2 aliphatic carbocycles. The number of rotatable bonds is 2. The van der Waals surface area contributed by atoms with Gasteiger partial charge in [0, 0.05) is 31.5 Å². The van der Waals surface area contributed by atoms with Crippen LogP contribution in [0.2, 0.25) is 0 Å². The van der Waals surface area contributed by atoms with Crippen LogP contribution in [0.4, 0.5) is 0 Å². The predicted molar refractivity (Wildman–Crippen MR) is 96.7 cm³/mol. The van der Waals surface area contributed by atoms with Gasteiger partial charge >= 0.3 is 5.97 Å². The summed E-state index contributed by atoms with van der Waals surface area (Å²) in [4.78, 5) is 15.5. The topological polar surface area (TPSA) is 51.3 Å². The second-order valence-electron chi connectivity index (χ2n) is 9.97. The standard InChI is InChI=1S/C21H33NO4/c1-12-5-6-17-15(11-22-9-13(2)24-14(3)10-22)18(23)25-21(17)16(12)7-8-20(4)19(21)26-20/h12-17,19H,5-11H2,1-4H3/t12-,13-,14-,15-,16+,17+,19-,20-,21-/m1/s1. The van der Waals surface area contributed by atoms with Crippen molar-refractivity contribution in [2.24, 2.45) is 23.7 Å². The molecule has 3 aliphatic heterocycles. The molecule has 5 heteroatoms. The third kappa shape index (κ3) is 2.36. The van der Waals surface area contributed by atoms with Gasteiger partial charge in [-0.3, -0.25) is 9.69 Å². The van der Waals surface area contributed by atoms with Crippen molar-refractivity contribution in [1.82, 2.24) is 4.90 Å². The Morgan fingerprint density at radius 2 is 1.81 bits per heavy atom. The average molecular weight is 363 g/mol. The lowest BCUT2D eigenvalue weighted by molar-refractivity contribution is -0.168. The van der Waals surface area contributed by atoms with Crippen molar-refractivity contribution in [3.63, 3.8) is 0 Å². The fourth-order valence-electron chi connectivity index (χ4n) is 6.97. The average Bonchev–Trinajstić information content (AvgIpc) is 3.18. The van der Waals surface area contributed by atoms with Crippen LogP contribution in [0.1, 0.15) is 53.4 Å². The largest absolute Gasteiger partial charge is 0.455 e. The zero-order chi connectivity index (χ0) is 18.3. The molecule has 0 aromatic carbocycles. The van der Waals surface area contributed by atoms with Crippen molar-refractivity contribution in [2.45, 2.75) is 82.9 Å². The number of ether oxygens (including phenoxy) is 3. The monoisotopic (exact) mass is 363 g/mol. The number of hydrogen-bond acceptors (Lipinski definition) is 5. The number of carbonyl (C=O) groups excluding carboxylic acids is 1. The van der Waals surface area contributed by atoms with Gasteiger partial charge in [-0.1, -0.05) is 6.92 Å². The van der Waals surface area contributed by atoms with E-state index in [0.29, 0.717) is 17.8 Å². The van der Waals surface area contributed by atoms with E-state index in [2.05, 4.69) is 32.6 Å². The maximum absolute atomic E-state index is 13.1. The molecule has 5 nitrogen and oxygen atoms in total. The van der Waals surface area contributed by atoms with E-state index in [4.69, 9.17) is 14.2 Å². The summed E-state index contributed by atoms with van der Waals surface area (Å²) in [7, 11) is 0. The Bertz CT molecular complexity index is 601. The maximum Gasteiger partial charge on any atom is 0.311 e. The Labute approximate surface area is 156 Å². The van der Waals surface area contributed by atoms with E-state index >= 15 is 0 Å². The van der Waals surface area contributed by atoms with Gasteiger partial charge in [-0.15, -0.1) is 0 Å². The summed E-state index contributed by atoms with van der Waals surface area (Å²) < 4.78 is 18.4. The van der Waals surface area contributed by atoms with Gasteiger partial charge in [0.1, 0.15) is 11.7 Å². The van der Waals surface area contributed by atoms with Crippen molar-refractivity contribution in [3.8, 4) is 0 Å². The molecule has 1 spiro atoms. The smallest absolute Gasteiger partial charge is 0.311 e. The highest BCUT2D eigenvalue weighted by Gasteiger charge is 2.77. The Morgan fingerprint density at radius 1 is 1.08 bits per heavy atom. The number of epoxide rings is 1. The minimum atomic E-state index is -0.351. The molecule has 5 aliphatic rings. The predicted octanol–water partition coefficient (Wildman–Crippen LogP) is 2.62. The second-order valence-corrected chi connectivity index (χ2v) is 9.97. The SMILES string of the molecule is C[C@@H]1CN(C[C@H]2C(=O)O[C@@]34[C@@H](CC[C@@]5(C)O[C@@H]35)[C@H](C)CC[C@@H]24)C[C@@H](C)O1. The first-order chi connectivity index (χ1) is 12.3. The lowest BCUT2D eigenvalue weighted by atomic mass is 9.55. The van der Waals surface area contributed by atoms with E-state index in [1.807, 2.05) is 0 Å². The number of nitrogens with zero attached hydrogens (tertiary/aromatic N) is 1. The Hall–Kier alpha value is -0.650. The molecular formula is C21H33NO4. The number of carbonyl (C=O) groups is 1. The van der Waals surface area contributed by atoms with Crippen LogP contribution < -0.4 is 0 Å². The first-order valence-corrected chi connectivity index (χ1v) is 10.6. The second kappa shape index (κ2) is 5.68. The highest BCUT2D eigenvalue weighted by Crippen LogP contribution is 2.66. The third-order valence-corrected chi connectivity index (χ3v) is 8.04. The molecule has 0 bridgehead atoms. The van der Waals surface area contributed by atoms with E-state index in [-0.39, 0.29) is 41.4 Å². The molecule has 2 saturated carbocycles. The lowest BCUT2D eigenvalue weighted by Crippen LogP contribution is -2.58. The highest BCUT2D eigenvalue weighted by molar-refractivity contribution is 5.77. The van der Waals surface area contributed by atoms with Gasteiger partial charge in [0.05, 0.1) is 23.7 Å². The summed E-state index contributed by atoms with van der Waals surface area (Å²) in [5, 5.41) is 0. The molecule has 3 heterocycles. The lowest BCUT2D eigenvalue weighted by Gasteiger charge is -2.50. The van der Waals surface area contributed by atoms with Crippen LogP contribution in [-0.4, -0.2) is 60.0 Å². The minimum absolute atomic E-state index is 0.00551. The van der Waals surface area contributed by atoms with E-state index in [1.54, 1.807) is 0 Å². The molecule has 0 unspecified atom stereocenters. The molecule has 3 saturated heterocycles. The van der Waals surface area contributed by atoms with E-state index < -0.39 is 0 Å². The van der Waals surface area contributed by atoms with Gasteiger partial charge in [-0.05, 0) is 52.4 Å². The van der Waals surface area contributed by atoms with E-state index in [0.717, 1.165) is 38.9 Å². The summed E-state index contributed by atoms with van der Waals surface area (Å²) in [5.74, 6) is 1.43. The van der Waals surface area contributed by atoms with Gasteiger partial charge in [0.25, 0.3) is 0 Å². The van der Waals surface area contributed by atoms with Crippen LogP contribution in [0.25, 0.3) is 0 Å². The maximum atomic E-state index is 13.1. The summed E-state index contributed by atoms with van der Waals surface area (Å²) in [5.41, 5.74) is -0.404.